The average molecular weight is 253 g/mol. The van der Waals surface area contributed by atoms with Gasteiger partial charge in [0.25, 0.3) is 0 Å². The van der Waals surface area contributed by atoms with Gasteiger partial charge in [-0.15, -0.1) is 0 Å². The second-order valence-electron chi connectivity index (χ2n) is 5.13. The molecular weight excluding hydrogens is 232 g/mol. The highest BCUT2D eigenvalue weighted by molar-refractivity contribution is 6.31. The number of pyridine rings is 1. The zero-order valence-electron chi connectivity index (χ0n) is 10.5. The molecule has 1 fully saturated rings. The van der Waals surface area contributed by atoms with Crippen LogP contribution in [0.4, 0.5) is 0 Å². The predicted molar refractivity (Wildman–Crippen MR) is 72.4 cm³/mol. The van der Waals surface area contributed by atoms with Crippen molar-refractivity contribution in [3.8, 4) is 0 Å². The van der Waals surface area contributed by atoms with Crippen LogP contribution in [-0.2, 0) is 6.42 Å². The fraction of sp³-hybridized carbons (Fsp3) is 0.643. The molecule has 2 rings (SSSR count). The lowest BCUT2D eigenvalue weighted by atomic mass is 9.80. The molecule has 1 N–H and O–H groups in total. The lowest BCUT2D eigenvalue weighted by Crippen LogP contribution is -2.34. The van der Waals surface area contributed by atoms with Gasteiger partial charge in [-0.3, -0.25) is 4.98 Å². The van der Waals surface area contributed by atoms with Gasteiger partial charge in [-0.1, -0.05) is 31.4 Å². The SMILES string of the molecule is CCNCC1(Cc2ccncc2Cl)CCCC1. The quantitative estimate of drug-likeness (QED) is 0.868. The average Bonchev–Trinajstić information content (AvgIpc) is 2.79. The van der Waals surface area contributed by atoms with Crippen molar-refractivity contribution in [2.45, 2.75) is 39.0 Å². The molecule has 0 spiro atoms. The summed E-state index contributed by atoms with van der Waals surface area (Å²) in [5, 5.41) is 4.33. The number of halogens is 1. The second kappa shape index (κ2) is 5.83. The van der Waals surface area contributed by atoms with Gasteiger partial charge < -0.3 is 5.32 Å². The summed E-state index contributed by atoms with van der Waals surface area (Å²) < 4.78 is 0. The predicted octanol–water partition coefficient (Wildman–Crippen LogP) is 3.45. The highest BCUT2D eigenvalue weighted by Crippen LogP contribution is 2.41. The number of nitrogens with one attached hydrogen (secondary N) is 1. The monoisotopic (exact) mass is 252 g/mol. The Bertz CT molecular complexity index is 359. The van der Waals surface area contributed by atoms with Crippen LogP contribution in [0.25, 0.3) is 0 Å². The van der Waals surface area contributed by atoms with E-state index in [-0.39, 0.29) is 0 Å². The number of hydrogen-bond donors (Lipinski definition) is 1. The Hall–Kier alpha value is -0.600. The molecule has 0 saturated heterocycles. The first-order valence-electron chi connectivity index (χ1n) is 6.55. The third-order valence-corrected chi connectivity index (χ3v) is 4.18. The first-order chi connectivity index (χ1) is 8.26. The molecule has 1 aliphatic carbocycles. The zero-order chi connectivity index (χ0) is 12.1. The molecule has 2 nitrogen and oxygen atoms in total. The van der Waals surface area contributed by atoms with E-state index < -0.39 is 0 Å². The molecule has 1 aromatic heterocycles. The number of nitrogens with zero attached hydrogens (tertiary/aromatic N) is 1. The van der Waals surface area contributed by atoms with Crippen molar-refractivity contribution in [3.05, 3.63) is 29.0 Å². The Kier molecular flexibility index (Phi) is 4.41. The van der Waals surface area contributed by atoms with Crippen LogP contribution in [-0.4, -0.2) is 18.1 Å². The van der Waals surface area contributed by atoms with Crippen molar-refractivity contribution < 1.29 is 0 Å². The van der Waals surface area contributed by atoms with Crippen LogP contribution in [0.1, 0.15) is 38.2 Å². The Morgan fingerprint density at radius 3 is 2.82 bits per heavy atom. The number of hydrogen-bond acceptors (Lipinski definition) is 2. The minimum Gasteiger partial charge on any atom is -0.316 e. The van der Waals surface area contributed by atoms with Gasteiger partial charge in [0.15, 0.2) is 0 Å². The molecule has 1 saturated carbocycles. The van der Waals surface area contributed by atoms with Gasteiger partial charge in [0.1, 0.15) is 0 Å². The third-order valence-electron chi connectivity index (χ3n) is 3.84. The van der Waals surface area contributed by atoms with Gasteiger partial charge in [-0.2, -0.15) is 0 Å². The summed E-state index contributed by atoms with van der Waals surface area (Å²) >= 11 is 6.22. The van der Waals surface area contributed by atoms with Gasteiger partial charge in [-0.25, -0.2) is 0 Å². The van der Waals surface area contributed by atoms with Gasteiger partial charge in [0.05, 0.1) is 5.02 Å². The van der Waals surface area contributed by atoms with Crippen molar-refractivity contribution in [1.29, 1.82) is 0 Å². The third kappa shape index (κ3) is 3.20. The van der Waals surface area contributed by atoms with Crippen molar-refractivity contribution in [2.24, 2.45) is 5.41 Å². The standard InChI is InChI=1S/C14H21ClN2/c1-2-16-11-14(6-3-4-7-14)9-12-5-8-17-10-13(12)15/h5,8,10,16H,2-4,6-7,9,11H2,1H3. The molecule has 17 heavy (non-hydrogen) atoms. The fourth-order valence-corrected chi connectivity index (χ4v) is 3.07. The van der Waals surface area contributed by atoms with E-state index in [9.17, 15) is 0 Å². The van der Waals surface area contributed by atoms with E-state index >= 15 is 0 Å². The van der Waals surface area contributed by atoms with E-state index in [2.05, 4.69) is 23.3 Å². The molecule has 1 aliphatic rings. The first-order valence-corrected chi connectivity index (χ1v) is 6.93. The highest BCUT2D eigenvalue weighted by Gasteiger charge is 2.33. The molecule has 0 aromatic carbocycles. The lowest BCUT2D eigenvalue weighted by Gasteiger charge is -2.29. The second-order valence-corrected chi connectivity index (χ2v) is 5.54. The van der Waals surface area contributed by atoms with E-state index in [1.54, 1.807) is 6.20 Å². The minimum atomic E-state index is 0.418. The molecule has 0 bridgehead atoms. The smallest absolute Gasteiger partial charge is 0.0621 e. The van der Waals surface area contributed by atoms with Crippen molar-refractivity contribution in [3.63, 3.8) is 0 Å². The van der Waals surface area contributed by atoms with Gasteiger partial charge in [-0.05, 0) is 42.9 Å². The van der Waals surface area contributed by atoms with Gasteiger partial charge in [0.2, 0.25) is 0 Å². The van der Waals surface area contributed by atoms with Gasteiger partial charge in [0, 0.05) is 18.9 Å². The van der Waals surface area contributed by atoms with Crippen molar-refractivity contribution >= 4 is 11.6 Å². The molecule has 1 aromatic rings. The summed E-state index contributed by atoms with van der Waals surface area (Å²) in [5.41, 5.74) is 1.67. The Balaban J connectivity index is 2.10. The van der Waals surface area contributed by atoms with Crippen LogP contribution in [0.2, 0.25) is 5.02 Å². The maximum absolute atomic E-state index is 6.22. The van der Waals surface area contributed by atoms with Crippen LogP contribution in [0.15, 0.2) is 18.5 Å². The summed E-state index contributed by atoms with van der Waals surface area (Å²) in [6.45, 7) is 4.33. The fourth-order valence-electron chi connectivity index (χ4n) is 2.88. The Labute approximate surface area is 109 Å². The molecule has 0 radical (unpaired) electrons. The van der Waals surface area contributed by atoms with Crippen molar-refractivity contribution in [1.82, 2.24) is 10.3 Å². The summed E-state index contributed by atoms with van der Waals surface area (Å²) in [6, 6.07) is 2.06. The molecule has 0 atom stereocenters. The van der Waals surface area contributed by atoms with Crippen LogP contribution in [0.3, 0.4) is 0 Å². The molecule has 1 heterocycles. The van der Waals surface area contributed by atoms with E-state index in [0.29, 0.717) is 5.41 Å². The Morgan fingerprint density at radius 2 is 2.18 bits per heavy atom. The first kappa shape index (κ1) is 12.8. The minimum absolute atomic E-state index is 0.418. The maximum Gasteiger partial charge on any atom is 0.0621 e. The topological polar surface area (TPSA) is 24.9 Å². The van der Waals surface area contributed by atoms with Crippen LogP contribution in [0.5, 0.6) is 0 Å². The van der Waals surface area contributed by atoms with E-state index in [1.165, 1.54) is 31.2 Å². The lowest BCUT2D eigenvalue weighted by molar-refractivity contribution is 0.280. The molecule has 0 aliphatic heterocycles. The van der Waals surface area contributed by atoms with E-state index in [1.807, 2.05) is 6.20 Å². The maximum atomic E-state index is 6.22. The molecule has 94 valence electrons. The molecule has 0 unspecified atom stereocenters. The summed E-state index contributed by atoms with van der Waals surface area (Å²) in [7, 11) is 0. The van der Waals surface area contributed by atoms with Crippen LogP contribution < -0.4 is 5.32 Å². The summed E-state index contributed by atoms with van der Waals surface area (Å²) in [5.74, 6) is 0. The summed E-state index contributed by atoms with van der Waals surface area (Å²) in [4.78, 5) is 4.06. The number of rotatable bonds is 5. The van der Waals surface area contributed by atoms with E-state index in [4.69, 9.17) is 11.6 Å². The molecule has 3 heteroatoms. The normalized spacial score (nSPS) is 18.5. The van der Waals surface area contributed by atoms with Crippen LogP contribution >= 0.6 is 11.6 Å². The van der Waals surface area contributed by atoms with Crippen LogP contribution in [0, 0.1) is 5.41 Å². The van der Waals surface area contributed by atoms with Gasteiger partial charge >= 0.3 is 0 Å². The summed E-state index contributed by atoms with van der Waals surface area (Å²) in [6.07, 6.45) is 10.0. The highest BCUT2D eigenvalue weighted by atomic mass is 35.5. The Morgan fingerprint density at radius 1 is 1.41 bits per heavy atom. The number of aromatic nitrogens is 1. The van der Waals surface area contributed by atoms with E-state index in [0.717, 1.165) is 24.5 Å². The molecule has 0 amide bonds. The largest absolute Gasteiger partial charge is 0.316 e. The zero-order valence-corrected chi connectivity index (χ0v) is 11.3. The molecular formula is C14H21ClN2. The van der Waals surface area contributed by atoms with Crippen molar-refractivity contribution in [2.75, 3.05) is 13.1 Å².